The molecule has 34 heavy (non-hydrogen) atoms. The van der Waals surface area contributed by atoms with E-state index in [1.54, 1.807) is 0 Å². The second kappa shape index (κ2) is 15.5. The average Bonchev–Trinajstić information content (AvgIpc) is 2.83. The van der Waals surface area contributed by atoms with E-state index in [2.05, 4.69) is 64.7 Å². The van der Waals surface area contributed by atoms with Crippen LogP contribution in [0, 0.1) is 26.7 Å². The van der Waals surface area contributed by atoms with Crippen molar-refractivity contribution in [2.45, 2.75) is 93.4 Å². The Morgan fingerprint density at radius 3 is 2.21 bits per heavy atom. The van der Waals surface area contributed by atoms with Crippen LogP contribution < -0.4 is 5.73 Å². The minimum Gasteiger partial charge on any atom is -0.396 e. The highest BCUT2D eigenvalue weighted by molar-refractivity contribution is 6.08. The number of allylic oxidation sites excluding steroid dienone is 2. The second-order valence-corrected chi connectivity index (χ2v) is 9.62. The average molecular weight is 470 g/mol. The number of nitrogens with zero attached hydrogens (tertiary/aromatic N) is 2. The quantitative estimate of drug-likeness (QED) is 0.445. The first-order chi connectivity index (χ1) is 16.1. The van der Waals surface area contributed by atoms with E-state index >= 15 is 0 Å². The lowest BCUT2D eigenvalue weighted by Crippen LogP contribution is -2.35. The van der Waals surface area contributed by atoms with E-state index in [9.17, 15) is 9.59 Å². The maximum absolute atomic E-state index is 12.6. The first-order valence-electron chi connectivity index (χ1n) is 13.0. The number of carbonyl (C=O) groups excluding carboxylic acids is 2. The SMILES string of the molecule is CCCN(CCC(C)CC)C(=O)CN=C1CCCC/C1=C(/N)C(C)=O.Cc1cccc(C)c1C. The summed E-state index contributed by atoms with van der Waals surface area (Å²) in [5.74, 6) is 0.586. The van der Waals surface area contributed by atoms with Crippen LogP contribution in [0.5, 0.6) is 0 Å². The van der Waals surface area contributed by atoms with Gasteiger partial charge in [-0.2, -0.15) is 0 Å². The van der Waals surface area contributed by atoms with Crippen molar-refractivity contribution in [2.24, 2.45) is 16.6 Å². The number of benzene rings is 1. The minimum absolute atomic E-state index is 0.0731. The molecule has 1 aliphatic rings. The Hall–Kier alpha value is -2.43. The number of carbonyl (C=O) groups is 2. The van der Waals surface area contributed by atoms with Crippen molar-refractivity contribution in [2.75, 3.05) is 19.6 Å². The molecule has 1 saturated carbocycles. The topological polar surface area (TPSA) is 75.8 Å². The fourth-order valence-corrected chi connectivity index (χ4v) is 3.94. The number of hydrogen-bond acceptors (Lipinski definition) is 4. The predicted molar refractivity (Wildman–Crippen MR) is 144 cm³/mol. The minimum atomic E-state index is -0.114. The summed E-state index contributed by atoms with van der Waals surface area (Å²) in [4.78, 5) is 30.7. The van der Waals surface area contributed by atoms with Gasteiger partial charge in [-0.05, 0) is 87.5 Å². The van der Waals surface area contributed by atoms with Gasteiger partial charge in [0, 0.05) is 25.7 Å². The van der Waals surface area contributed by atoms with Crippen LogP contribution in [0.2, 0.25) is 0 Å². The van der Waals surface area contributed by atoms with Crippen LogP contribution in [-0.2, 0) is 9.59 Å². The van der Waals surface area contributed by atoms with Crippen molar-refractivity contribution in [1.82, 2.24) is 4.90 Å². The van der Waals surface area contributed by atoms with E-state index < -0.39 is 0 Å². The van der Waals surface area contributed by atoms with Crippen molar-refractivity contribution in [3.8, 4) is 0 Å². The normalized spacial score (nSPS) is 17.0. The zero-order chi connectivity index (χ0) is 25.7. The highest BCUT2D eigenvalue weighted by Crippen LogP contribution is 2.23. The third kappa shape index (κ3) is 9.82. The summed E-state index contributed by atoms with van der Waals surface area (Å²) in [5, 5.41) is 0. The molecule has 0 radical (unpaired) electrons. The molecule has 1 aromatic carbocycles. The van der Waals surface area contributed by atoms with E-state index in [1.165, 1.54) is 23.6 Å². The number of aliphatic imine (C=N–C) groups is 1. The number of nitrogens with two attached hydrogens (primary N) is 1. The first kappa shape index (κ1) is 29.6. The van der Waals surface area contributed by atoms with Crippen LogP contribution in [0.4, 0.5) is 0 Å². The van der Waals surface area contributed by atoms with Crippen molar-refractivity contribution in [3.05, 3.63) is 46.2 Å². The molecule has 1 aromatic rings. The zero-order valence-electron chi connectivity index (χ0n) is 22.7. The van der Waals surface area contributed by atoms with Gasteiger partial charge in [-0.15, -0.1) is 0 Å². The maximum atomic E-state index is 12.6. The number of amides is 1. The molecule has 1 aliphatic carbocycles. The summed E-state index contributed by atoms with van der Waals surface area (Å²) in [6.07, 6.45) is 6.76. The van der Waals surface area contributed by atoms with Crippen LogP contribution in [0.15, 0.2) is 34.5 Å². The van der Waals surface area contributed by atoms with Gasteiger partial charge in [0.15, 0.2) is 5.78 Å². The molecule has 5 heteroatoms. The van der Waals surface area contributed by atoms with Crippen LogP contribution in [0.25, 0.3) is 0 Å². The lowest BCUT2D eigenvalue weighted by Gasteiger charge is -2.24. The number of rotatable bonds is 9. The highest BCUT2D eigenvalue weighted by atomic mass is 16.2. The van der Waals surface area contributed by atoms with Gasteiger partial charge in [-0.3, -0.25) is 14.6 Å². The zero-order valence-corrected chi connectivity index (χ0v) is 22.7. The van der Waals surface area contributed by atoms with Gasteiger partial charge < -0.3 is 10.6 Å². The fraction of sp³-hybridized carbons (Fsp3) is 0.621. The number of Topliss-reactive ketones (excluding diaryl/α,β-unsaturated/α-hetero) is 1. The largest absolute Gasteiger partial charge is 0.396 e. The molecule has 2 rings (SSSR count). The summed E-state index contributed by atoms with van der Waals surface area (Å²) in [6.45, 7) is 16.1. The molecule has 0 aliphatic heterocycles. The predicted octanol–water partition coefficient (Wildman–Crippen LogP) is 6.09. The molecule has 1 fully saturated rings. The van der Waals surface area contributed by atoms with Gasteiger partial charge in [0.1, 0.15) is 6.54 Å². The summed E-state index contributed by atoms with van der Waals surface area (Å²) in [6, 6.07) is 6.38. The van der Waals surface area contributed by atoms with Crippen LogP contribution >= 0.6 is 0 Å². The Bertz CT molecular complexity index is 850. The van der Waals surface area contributed by atoms with Crippen molar-refractivity contribution in [3.63, 3.8) is 0 Å². The molecule has 0 spiro atoms. The van der Waals surface area contributed by atoms with Crippen LogP contribution in [0.3, 0.4) is 0 Å². The standard InChI is InChI=1S/C20H35N3O2.C9H12/c1-5-12-23(13-11-15(3)6-2)19(25)14-22-18-10-8-7-9-17(18)20(21)16(4)24;1-7-5-4-6-8(2)9(7)3/h15H,5-14,21H2,1-4H3;4-6H,1-3H3/b20-17-,22-18?;. The molecule has 2 N–H and O–H groups in total. The fourth-order valence-electron chi connectivity index (χ4n) is 3.94. The lowest BCUT2D eigenvalue weighted by atomic mass is 9.90. The molecule has 0 bridgehead atoms. The lowest BCUT2D eigenvalue weighted by molar-refractivity contribution is -0.129. The van der Waals surface area contributed by atoms with Gasteiger partial charge in [0.25, 0.3) is 0 Å². The monoisotopic (exact) mass is 469 g/mol. The Morgan fingerprint density at radius 1 is 1.06 bits per heavy atom. The smallest absolute Gasteiger partial charge is 0.244 e. The molecular formula is C29H47N3O2. The number of aryl methyl sites for hydroxylation is 2. The molecule has 0 saturated heterocycles. The van der Waals surface area contributed by atoms with E-state index in [1.807, 2.05) is 4.90 Å². The highest BCUT2D eigenvalue weighted by Gasteiger charge is 2.20. The Labute approximate surface area is 207 Å². The molecular weight excluding hydrogens is 422 g/mol. The summed E-state index contributed by atoms with van der Waals surface area (Å²) in [5.41, 5.74) is 12.1. The van der Waals surface area contributed by atoms with Gasteiger partial charge >= 0.3 is 0 Å². The summed E-state index contributed by atoms with van der Waals surface area (Å²) < 4.78 is 0. The molecule has 0 heterocycles. The number of hydrogen-bond donors (Lipinski definition) is 1. The van der Waals surface area contributed by atoms with E-state index in [4.69, 9.17) is 5.73 Å². The van der Waals surface area contributed by atoms with Crippen LogP contribution in [-0.4, -0.2) is 41.9 Å². The van der Waals surface area contributed by atoms with Gasteiger partial charge in [-0.25, -0.2) is 0 Å². The molecule has 1 atom stereocenters. The van der Waals surface area contributed by atoms with Crippen molar-refractivity contribution < 1.29 is 9.59 Å². The van der Waals surface area contributed by atoms with Crippen LogP contribution in [0.1, 0.15) is 89.3 Å². The molecule has 0 aromatic heterocycles. The Balaban J connectivity index is 0.000000533. The molecule has 5 nitrogen and oxygen atoms in total. The maximum Gasteiger partial charge on any atom is 0.244 e. The van der Waals surface area contributed by atoms with Crippen molar-refractivity contribution in [1.29, 1.82) is 0 Å². The second-order valence-electron chi connectivity index (χ2n) is 9.62. The summed E-state index contributed by atoms with van der Waals surface area (Å²) >= 11 is 0. The Kier molecular flexibility index (Phi) is 13.5. The number of ketones is 1. The Morgan fingerprint density at radius 2 is 1.68 bits per heavy atom. The van der Waals surface area contributed by atoms with Gasteiger partial charge in [-0.1, -0.05) is 45.4 Å². The third-order valence-corrected chi connectivity index (χ3v) is 6.86. The molecule has 1 amide bonds. The van der Waals surface area contributed by atoms with Gasteiger partial charge in [0.2, 0.25) is 5.91 Å². The van der Waals surface area contributed by atoms with E-state index in [0.29, 0.717) is 11.6 Å². The summed E-state index contributed by atoms with van der Waals surface area (Å²) in [7, 11) is 0. The molecule has 1 unspecified atom stereocenters. The van der Waals surface area contributed by atoms with Gasteiger partial charge in [0.05, 0.1) is 5.70 Å². The van der Waals surface area contributed by atoms with Crippen molar-refractivity contribution >= 4 is 17.4 Å². The van der Waals surface area contributed by atoms with E-state index in [0.717, 1.165) is 69.3 Å². The third-order valence-electron chi connectivity index (χ3n) is 6.86. The molecule has 190 valence electrons. The van der Waals surface area contributed by atoms with E-state index in [-0.39, 0.29) is 18.2 Å². The first-order valence-corrected chi connectivity index (χ1v) is 13.0.